The molecule has 7 unspecified atom stereocenters. The van der Waals surface area contributed by atoms with Crippen molar-refractivity contribution in [2.75, 3.05) is 13.2 Å². The van der Waals surface area contributed by atoms with E-state index < -0.39 is 36.4 Å². The number of ether oxygens (including phenoxy) is 7. The average Bonchev–Trinajstić information content (AvgIpc) is 3.70. The molecule has 3 heterocycles. The molecule has 0 radical (unpaired) electrons. The molecule has 2 saturated carbocycles. The zero-order valence-electron chi connectivity index (χ0n) is 29.4. The van der Waals surface area contributed by atoms with E-state index in [-0.39, 0.29) is 49.2 Å². The minimum Gasteiger partial charge on any atom is -0.453 e. The third-order valence-corrected chi connectivity index (χ3v) is 11.4. The molecular formula is C42H40O12. The molecule has 12 nitrogen and oxygen atoms in total. The first-order chi connectivity index (χ1) is 26.2. The van der Waals surface area contributed by atoms with E-state index in [1.54, 1.807) is 72.8 Å². The van der Waals surface area contributed by atoms with Crippen LogP contribution < -0.4 is 9.47 Å². The van der Waals surface area contributed by atoms with Crippen LogP contribution in [-0.4, -0.2) is 84.9 Å². The first-order valence-corrected chi connectivity index (χ1v) is 18.7. The maximum atomic E-state index is 13.2. The van der Waals surface area contributed by atoms with E-state index in [0.29, 0.717) is 60.8 Å². The molecule has 0 bridgehead atoms. The molecule has 0 amide bonds. The summed E-state index contributed by atoms with van der Waals surface area (Å²) in [5.41, 5.74) is 0.694. The Morgan fingerprint density at radius 2 is 1.04 bits per heavy atom. The summed E-state index contributed by atoms with van der Waals surface area (Å²) >= 11 is 0. The Hall–Kier alpha value is -4.88. The monoisotopic (exact) mass is 736 g/mol. The van der Waals surface area contributed by atoms with Gasteiger partial charge in [-0.1, -0.05) is 24.3 Å². The number of benzene rings is 4. The molecule has 0 spiro atoms. The molecule has 4 aromatic rings. The Kier molecular flexibility index (Phi) is 9.30. The van der Waals surface area contributed by atoms with Gasteiger partial charge in [0.2, 0.25) is 0 Å². The molecule has 5 aliphatic rings. The molecule has 7 atom stereocenters. The number of carbonyl (C=O) groups excluding carboxylic acids is 4. The normalized spacial score (nSPS) is 29.9. The summed E-state index contributed by atoms with van der Waals surface area (Å²) in [4.78, 5) is 51.8. The summed E-state index contributed by atoms with van der Waals surface area (Å²) in [6.45, 7) is 0.188. The third-order valence-electron chi connectivity index (χ3n) is 11.4. The van der Waals surface area contributed by atoms with E-state index in [2.05, 4.69) is 0 Å². The number of aliphatic hydroxyl groups excluding tert-OH is 1. The van der Waals surface area contributed by atoms with Crippen LogP contribution in [0.2, 0.25) is 0 Å². The lowest BCUT2D eigenvalue weighted by molar-refractivity contribution is -0.141. The second kappa shape index (κ2) is 14.4. The molecule has 280 valence electrons. The zero-order chi connectivity index (χ0) is 36.9. The molecule has 3 saturated heterocycles. The van der Waals surface area contributed by atoms with Gasteiger partial charge in [-0.3, -0.25) is 9.59 Å². The van der Waals surface area contributed by atoms with Crippen LogP contribution in [0.1, 0.15) is 65.7 Å². The molecule has 12 heteroatoms. The van der Waals surface area contributed by atoms with E-state index >= 15 is 0 Å². The SMILES string of the molecule is O=C(OC1COC2C(OC(=O)c3ccc4cc(OC(=O)C5CCC6OC6C5)ccc4c3)COC12)c1ccc2cc(OC(=O)C3CCC(O)CC3)ccc2c1. The number of fused-ring (bicyclic) bond motifs is 4. The fourth-order valence-corrected chi connectivity index (χ4v) is 8.20. The van der Waals surface area contributed by atoms with E-state index in [4.69, 9.17) is 33.2 Å². The van der Waals surface area contributed by atoms with Gasteiger partial charge in [0.15, 0.2) is 12.2 Å². The topological polar surface area (TPSA) is 156 Å². The maximum absolute atomic E-state index is 13.2. The highest BCUT2D eigenvalue weighted by atomic mass is 16.7. The first kappa shape index (κ1) is 34.9. The van der Waals surface area contributed by atoms with E-state index in [1.807, 2.05) is 0 Å². The van der Waals surface area contributed by atoms with Crippen LogP contribution in [-0.2, 0) is 33.3 Å². The molecule has 0 aromatic heterocycles. The summed E-state index contributed by atoms with van der Waals surface area (Å²) in [6, 6.07) is 20.9. The van der Waals surface area contributed by atoms with Crippen molar-refractivity contribution in [3.8, 4) is 11.5 Å². The molecule has 5 fully saturated rings. The zero-order valence-corrected chi connectivity index (χ0v) is 29.4. The fourth-order valence-electron chi connectivity index (χ4n) is 8.20. The molecule has 3 aliphatic heterocycles. The number of hydrogen-bond acceptors (Lipinski definition) is 12. The van der Waals surface area contributed by atoms with Crippen molar-refractivity contribution in [1.82, 2.24) is 0 Å². The highest BCUT2D eigenvalue weighted by Crippen LogP contribution is 2.40. The summed E-state index contributed by atoms with van der Waals surface area (Å²) in [7, 11) is 0. The van der Waals surface area contributed by atoms with Crippen molar-refractivity contribution in [3.05, 3.63) is 83.9 Å². The van der Waals surface area contributed by atoms with Crippen LogP contribution in [0, 0.1) is 11.8 Å². The average molecular weight is 737 g/mol. The third kappa shape index (κ3) is 7.18. The van der Waals surface area contributed by atoms with Crippen LogP contribution in [0.15, 0.2) is 72.8 Å². The van der Waals surface area contributed by atoms with Crippen LogP contribution in [0.3, 0.4) is 0 Å². The predicted octanol–water partition coefficient (Wildman–Crippen LogP) is 5.47. The number of esters is 4. The smallest absolute Gasteiger partial charge is 0.338 e. The Morgan fingerprint density at radius 1 is 0.556 bits per heavy atom. The van der Waals surface area contributed by atoms with Gasteiger partial charge >= 0.3 is 23.9 Å². The summed E-state index contributed by atoms with van der Waals surface area (Å²) in [5.74, 6) is -1.11. The van der Waals surface area contributed by atoms with Crippen molar-refractivity contribution >= 4 is 45.4 Å². The van der Waals surface area contributed by atoms with Crippen molar-refractivity contribution in [1.29, 1.82) is 0 Å². The minimum absolute atomic E-state index is 0.0931. The fraction of sp³-hybridized carbons (Fsp3) is 0.429. The van der Waals surface area contributed by atoms with Gasteiger partial charge in [-0.05, 0) is 115 Å². The van der Waals surface area contributed by atoms with Crippen LogP contribution in [0.5, 0.6) is 11.5 Å². The maximum Gasteiger partial charge on any atom is 0.338 e. The Labute approximate surface area is 310 Å². The largest absolute Gasteiger partial charge is 0.453 e. The van der Waals surface area contributed by atoms with Crippen molar-refractivity contribution in [2.45, 2.75) is 87.7 Å². The van der Waals surface area contributed by atoms with Crippen LogP contribution in [0.4, 0.5) is 0 Å². The number of carbonyl (C=O) groups is 4. The lowest BCUT2D eigenvalue weighted by atomic mass is 9.87. The highest BCUT2D eigenvalue weighted by Gasteiger charge is 2.51. The van der Waals surface area contributed by atoms with Gasteiger partial charge in [0.25, 0.3) is 0 Å². The standard InChI is InChI=1S/C42H40O12/c43-30-10-5-22(6-11-30)39(44)50-31-12-7-23-15-27(3-1-25(23)17-31)41(46)53-35-20-48-38-36(21-49-37(35)38)54-42(47)28-4-2-26-18-32(13-8-24(26)16-28)51-40(45)29-9-14-33-34(19-29)52-33/h1-4,7-8,12-13,15-18,22,29-30,33-38,43H,5-6,9-11,14,19-21H2. The minimum atomic E-state index is -0.689. The second-order valence-electron chi connectivity index (χ2n) is 15.0. The Balaban J connectivity index is 0.778. The van der Waals surface area contributed by atoms with E-state index in [1.165, 1.54) is 0 Å². The van der Waals surface area contributed by atoms with Gasteiger partial charge in [-0.2, -0.15) is 0 Å². The van der Waals surface area contributed by atoms with Gasteiger partial charge in [-0.25, -0.2) is 9.59 Å². The second-order valence-corrected chi connectivity index (χ2v) is 15.0. The summed E-state index contributed by atoms with van der Waals surface area (Å²) < 4.78 is 40.3. The quantitative estimate of drug-likeness (QED) is 0.139. The van der Waals surface area contributed by atoms with Gasteiger partial charge in [-0.15, -0.1) is 0 Å². The van der Waals surface area contributed by atoms with Gasteiger partial charge in [0.05, 0.1) is 54.5 Å². The van der Waals surface area contributed by atoms with Crippen molar-refractivity contribution in [2.24, 2.45) is 11.8 Å². The van der Waals surface area contributed by atoms with Gasteiger partial charge < -0.3 is 38.3 Å². The van der Waals surface area contributed by atoms with E-state index in [9.17, 15) is 24.3 Å². The predicted molar refractivity (Wildman–Crippen MR) is 191 cm³/mol. The lowest BCUT2D eigenvalue weighted by Crippen LogP contribution is -2.36. The van der Waals surface area contributed by atoms with Crippen LogP contribution >= 0.6 is 0 Å². The first-order valence-electron chi connectivity index (χ1n) is 18.7. The van der Waals surface area contributed by atoms with Gasteiger partial charge in [0.1, 0.15) is 23.7 Å². The Bertz CT molecular complexity index is 2120. The Morgan fingerprint density at radius 3 is 1.57 bits per heavy atom. The van der Waals surface area contributed by atoms with E-state index in [0.717, 1.165) is 34.4 Å². The number of aliphatic hydroxyl groups is 1. The van der Waals surface area contributed by atoms with Crippen molar-refractivity contribution < 1.29 is 57.4 Å². The van der Waals surface area contributed by atoms with Crippen molar-refractivity contribution in [3.63, 3.8) is 0 Å². The molecule has 2 aliphatic carbocycles. The van der Waals surface area contributed by atoms with Crippen LogP contribution in [0.25, 0.3) is 21.5 Å². The number of hydrogen-bond donors (Lipinski definition) is 1. The summed E-state index contributed by atoms with van der Waals surface area (Å²) in [5, 5.41) is 12.9. The molecule has 1 N–H and O–H groups in total. The van der Waals surface area contributed by atoms with Gasteiger partial charge in [0, 0.05) is 0 Å². The summed E-state index contributed by atoms with van der Waals surface area (Å²) in [6.07, 6.45) is 2.37. The number of rotatable bonds is 8. The lowest BCUT2D eigenvalue weighted by Gasteiger charge is -2.23. The number of epoxide rings is 1. The molecule has 54 heavy (non-hydrogen) atoms. The highest BCUT2D eigenvalue weighted by molar-refractivity contribution is 5.97. The molecule has 9 rings (SSSR count). The molecule has 4 aromatic carbocycles. The molecular weight excluding hydrogens is 696 g/mol.